The summed E-state index contributed by atoms with van der Waals surface area (Å²) in [6, 6.07) is 3.95. The summed E-state index contributed by atoms with van der Waals surface area (Å²) in [6.07, 6.45) is 0. The van der Waals surface area contributed by atoms with Crippen LogP contribution in [0.15, 0.2) is 24.3 Å². The number of nitrogen functional groups attached to an aromatic ring is 1. The molecule has 24 heavy (non-hydrogen) atoms. The molecule has 0 saturated heterocycles. The number of anilines is 1. The van der Waals surface area contributed by atoms with Crippen LogP contribution in [0.25, 0.3) is 11.3 Å². The SMILES string of the molecule is CC(C)NC(=O)c1ccc(F)c(-c2nc(C(=O)O)c(N)cc2F)c1. The molecule has 0 aliphatic heterocycles. The third kappa shape index (κ3) is 3.48. The zero-order valence-electron chi connectivity index (χ0n) is 12.9. The van der Waals surface area contributed by atoms with Gasteiger partial charge in [-0.2, -0.15) is 0 Å². The minimum atomic E-state index is -1.47. The Morgan fingerprint density at radius 1 is 1.21 bits per heavy atom. The fraction of sp³-hybridized carbons (Fsp3) is 0.188. The summed E-state index contributed by atoms with van der Waals surface area (Å²) >= 11 is 0. The van der Waals surface area contributed by atoms with Crippen molar-refractivity contribution in [1.82, 2.24) is 10.3 Å². The van der Waals surface area contributed by atoms with Crippen LogP contribution in [-0.4, -0.2) is 28.0 Å². The molecule has 0 bridgehead atoms. The molecule has 0 atom stereocenters. The molecule has 4 N–H and O–H groups in total. The molecule has 0 spiro atoms. The highest BCUT2D eigenvalue weighted by molar-refractivity contribution is 5.96. The summed E-state index contributed by atoms with van der Waals surface area (Å²) in [5, 5.41) is 11.6. The number of nitrogens with two attached hydrogens (primary N) is 1. The van der Waals surface area contributed by atoms with Crippen molar-refractivity contribution < 1.29 is 23.5 Å². The lowest BCUT2D eigenvalue weighted by atomic mass is 10.0. The van der Waals surface area contributed by atoms with Crippen LogP contribution in [0.4, 0.5) is 14.5 Å². The normalized spacial score (nSPS) is 10.7. The van der Waals surface area contributed by atoms with Crippen LogP contribution < -0.4 is 11.1 Å². The van der Waals surface area contributed by atoms with E-state index < -0.39 is 34.9 Å². The maximum absolute atomic E-state index is 14.1. The molecule has 2 aromatic rings. The van der Waals surface area contributed by atoms with Gasteiger partial charge in [-0.05, 0) is 32.0 Å². The number of hydrogen-bond donors (Lipinski definition) is 3. The van der Waals surface area contributed by atoms with Crippen molar-refractivity contribution in [2.75, 3.05) is 5.73 Å². The van der Waals surface area contributed by atoms with Gasteiger partial charge in [-0.25, -0.2) is 18.6 Å². The Kier molecular flexibility index (Phi) is 4.77. The molecule has 2 rings (SSSR count). The number of rotatable bonds is 4. The van der Waals surface area contributed by atoms with Crippen molar-refractivity contribution >= 4 is 17.6 Å². The van der Waals surface area contributed by atoms with Gasteiger partial charge in [0, 0.05) is 23.2 Å². The summed E-state index contributed by atoms with van der Waals surface area (Å²) in [5.74, 6) is -3.77. The number of aromatic carboxylic acids is 1. The summed E-state index contributed by atoms with van der Waals surface area (Å²) in [4.78, 5) is 26.7. The van der Waals surface area contributed by atoms with Gasteiger partial charge in [0.15, 0.2) is 11.5 Å². The third-order valence-electron chi connectivity index (χ3n) is 3.11. The lowest BCUT2D eigenvalue weighted by Gasteiger charge is -2.11. The van der Waals surface area contributed by atoms with Gasteiger partial charge in [-0.3, -0.25) is 4.79 Å². The topological polar surface area (TPSA) is 105 Å². The van der Waals surface area contributed by atoms with Crippen molar-refractivity contribution in [2.24, 2.45) is 0 Å². The van der Waals surface area contributed by atoms with E-state index in [1.807, 2.05) is 0 Å². The number of nitrogens with one attached hydrogen (secondary N) is 1. The predicted octanol–water partition coefficient (Wildman–Crippen LogP) is 2.45. The van der Waals surface area contributed by atoms with E-state index in [1.54, 1.807) is 13.8 Å². The number of pyridine rings is 1. The molecule has 6 nitrogen and oxygen atoms in total. The van der Waals surface area contributed by atoms with Crippen molar-refractivity contribution in [3.63, 3.8) is 0 Å². The van der Waals surface area contributed by atoms with E-state index in [0.717, 1.165) is 18.2 Å². The van der Waals surface area contributed by atoms with Gasteiger partial charge < -0.3 is 16.2 Å². The Labute approximate surface area is 136 Å². The molecule has 0 aliphatic carbocycles. The second-order valence-electron chi connectivity index (χ2n) is 5.38. The largest absolute Gasteiger partial charge is 0.476 e. The quantitative estimate of drug-likeness (QED) is 0.796. The molecule has 126 valence electrons. The average molecular weight is 335 g/mol. The van der Waals surface area contributed by atoms with Crippen molar-refractivity contribution in [3.8, 4) is 11.3 Å². The lowest BCUT2D eigenvalue weighted by molar-refractivity contribution is 0.0691. The number of halogens is 2. The first-order valence-electron chi connectivity index (χ1n) is 7.00. The number of carboxylic acid groups (broad SMARTS) is 1. The Morgan fingerprint density at radius 2 is 1.88 bits per heavy atom. The van der Waals surface area contributed by atoms with Gasteiger partial charge >= 0.3 is 5.97 Å². The van der Waals surface area contributed by atoms with Gasteiger partial charge in [-0.1, -0.05) is 0 Å². The van der Waals surface area contributed by atoms with Crippen LogP contribution in [0.3, 0.4) is 0 Å². The molecule has 0 radical (unpaired) electrons. The van der Waals surface area contributed by atoms with E-state index >= 15 is 0 Å². The van der Waals surface area contributed by atoms with Crippen LogP contribution in [0, 0.1) is 11.6 Å². The standard InChI is InChI=1S/C16H15F2N3O3/c1-7(2)20-15(22)8-3-4-10(17)9(5-8)13-11(18)6-12(19)14(21-13)16(23)24/h3-7H,19H2,1-2H3,(H,20,22)(H,23,24). The average Bonchev–Trinajstić information content (AvgIpc) is 2.47. The molecule has 1 aromatic carbocycles. The fourth-order valence-electron chi connectivity index (χ4n) is 2.06. The van der Waals surface area contributed by atoms with E-state index in [-0.39, 0.29) is 22.9 Å². The minimum Gasteiger partial charge on any atom is -0.476 e. The molecule has 0 aliphatic rings. The van der Waals surface area contributed by atoms with Crippen LogP contribution in [0.5, 0.6) is 0 Å². The second-order valence-corrected chi connectivity index (χ2v) is 5.38. The molecule has 0 unspecified atom stereocenters. The maximum atomic E-state index is 14.1. The van der Waals surface area contributed by atoms with Gasteiger partial charge in [0.05, 0.1) is 5.69 Å². The molecule has 1 amide bonds. The molecule has 8 heteroatoms. The summed E-state index contributed by atoms with van der Waals surface area (Å²) in [5.41, 5.74) is 3.66. The zero-order valence-corrected chi connectivity index (χ0v) is 12.9. The van der Waals surface area contributed by atoms with Gasteiger partial charge in [-0.15, -0.1) is 0 Å². The highest BCUT2D eigenvalue weighted by atomic mass is 19.1. The van der Waals surface area contributed by atoms with Crippen LogP contribution in [0.1, 0.15) is 34.7 Å². The highest BCUT2D eigenvalue weighted by Gasteiger charge is 2.20. The summed E-state index contributed by atoms with van der Waals surface area (Å²) in [6.45, 7) is 3.51. The van der Waals surface area contributed by atoms with E-state index in [9.17, 15) is 18.4 Å². The first-order valence-corrected chi connectivity index (χ1v) is 7.00. The van der Waals surface area contributed by atoms with Crippen LogP contribution >= 0.6 is 0 Å². The van der Waals surface area contributed by atoms with Crippen molar-refractivity contribution in [1.29, 1.82) is 0 Å². The summed E-state index contributed by atoms with van der Waals surface area (Å²) < 4.78 is 28.2. The van der Waals surface area contributed by atoms with Crippen molar-refractivity contribution in [2.45, 2.75) is 19.9 Å². The number of nitrogens with zero attached hydrogens (tertiary/aromatic N) is 1. The Hall–Kier alpha value is -3.03. The third-order valence-corrected chi connectivity index (χ3v) is 3.11. The van der Waals surface area contributed by atoms with E-state index in [2.05, 4.69) is 10.3 Å². The zero-order chi connectivity index (χ0) is 18.0. The van der Waals surface area contributed by atoms with Crippen LogP contribution in [0.2, 0.25) is 0 Å². The minimum absolute atomic E-state index is 0.0926. The van der Waals surface area contributed by atoms with E-state index in [0.29, 0.717) is 0 Å². The highest BCUT2D eigenvalue weighted by Crippen LogP contribution is 2.27. The Morgan fingerprint density at radius 3 is 2.46 bits per heavy atom. The first-order chi connectivity index (χ1) is 11.2. The predicted molar refractivity (Wildman–Crippen MR) is 83.6 cm³/mol. The maximum Gasteiger partial charge on any atom is 0.356 e. The lowest BCUT2D eigenvalue weighted by Crippen LogP contribution is -2.30. The van der Waals surface area contributed by atoms with E-state index in [4.69, 9.17) is 10.8 Å². The number of benzene rings is 1. The second kappa shape index (κ2) is 6.61. The Bertz CT molecular complexity index is 822. The Balaban J connectivity index is 2.58. The number of aromatic nitrogens is 1. The molecule has 0 saturated carbocycles. The molecule has 1 heterocycles. The van der Waals surface area contributed by atoms with E-state index in [1.165, 1.54) is 6.07 Å². The van der Waals surface area contributed by atoms with Gasteiger partial charge in [0.1, 0.15) is 11.5 Å². The first kappa shape index (κ1) is 17.3. The number of carbonyl (C=O) groups excluding carboxylic acids is 1. The number of carbonyl (C=O) groups is 2. The van der Waals surface area contributed by atoms with Gasteiger partial charge in [0.2, 0.25) is 0 Å². The number of carboxylic acids is 1. The molecule has 0 fully saturated rings. The smallest absolute Gasteiger partial charge is 0.356 e. The number of amides is 1. The molecular weight excluding hydrogens is 320 g/mol. The molecule has 1 aromatic heterocycles. The monoisotopic (exact) mass is 335 g/mol. The fourth-order valence-corrected chi connectivity index (χ4v) is 2.06. The van der Waals surface area contributed by atoms with Gasteiger partial charge in [0.25, 0.3) is 5.91 Å². The summed E-state index contributed by atoms with van der Waals surface area (Å²) in [7, 11) is 0. The number of hydrogen-bond acceptors (Lipinski definition) is 4. The van der Waals surface area contributed by atoms with Crippen molar-refractivity contribution in [3.05, 3.63) is 47.2 Å². The van der Waals surface area contributed by atoms with Crippen LogP contribution in [-0.2, 0) is 0 Å². The molecular formula is C16H15F2N3O3.